The average molecular weight is 500 g/mol. The second kappa shape index (κ2) is 24.3. The first-order chi connectivity index (χ1) is 14.9. The van der Waals surface area contributed by atoms with Crippen molar-refractivity contribution in [3.8, 4) is 0 Å². The summed E-state index contributed by atoms with van der Waals surface area (Å²) in [6, 6.07) is 0. The van der Waals surface area contributed by atoms with Crippen molar-refractivity contribution in [2.75, 3.05) is 0 Å². The lowest BCUT2D eigenvalue weighted by molar-refractivity contribution is -0.696. The molecule has 0 aliphatic carbocycles. The fourth-order valence-electron chi connectivity index (χ4n) is 4.44. The summed E-state index contributed by atoms with van der Waals surface area (Å²) < 4.78 is 4.78. The molecule has 1 heterocycles. The van der Waals surface area contributed by atoms with E-state index < -0.39 is 0 Å². The maximum Gasteiger partial charge on any atom is 0.243 e. The van der Waals surface area contributed by atoms with Gasteiger partial charge in [0.25, 0.3) is 0 Å². The Morgan fingerprint density at radius 1 is 0.516 bits per heavy atom. The molecule has 0 unspecified atom stereocenters. The molecule has 0 aromatic carbocycles. The van der Waals surface area contributed by atoms with Crippen molar-refractivity contribution in [1.82, 2.24) is 4.57 Å². The van der Waals surface area contributed by atoms with Crippen molar-refractivity contribution in [3.05, 3.63) is 18.7 Å². The van der Waals surface area contributed by atoms with Crippen molar-refractivity contribution >= 4 is 0 Å². The summed E-state index contributed by atoms with van der Waals surface area (Å²) in [5, 5.41) is 0. The number of nitrogens with zero attached hydrogens (tertiary/aromatic N) is 2. The van der Waals surface area contributed by atoms with E-state index in [4.69, 9.17) is 0 Å². The minimum Gasteiger partial charge on any atom is -1.00 e. The summed E-state index contributed by atoms with van der Waals surface area (Å²) in [7, 11) is 0. The highest BCUT2D eigenvalue weighted by atomic mass is 79.9. The number of aryl methyl sites for hydroxylation is 2. The Morgan fingerprint density at radius 2 is 0.903 bits per heavy atom. The zero-order chi connectivity index (χ0) is 21.5. The van der Waals surface area contributed by atoms with E-state index in [9.17, 15) is 0 Å². The Labute approximate surface area is 206 Å². The van der Waals surface area contributed by atoms with Crippen molar-refractivity contribution in [1.29, 1.82) is 0 Å². The van der Waals surface area contributed by atoms with Crippen LogP contribution < -0.4 is 21.5 Å². The van der Waals surface area contributed by atoms with Crippen molar-refractivity contribution in [3.63, 3.8) is 0 Å². The molecule has 0 amide bonds. The quantitative estimate of drug-likeness (QED) is 0.129. The van der Waals surface area contributed by atoms with Crippen molar-refractivity contribution in [2.24, 2.45) is 0 Å². The molecular formula is C28H55BrN2. The molecule has 0 aliphatic heterocycles. The van der Waals surface area contributed by atoms with E-state index in [2.05, 4.69) is 41.7 Å². The molecule has 0 spiro atoms. The van der Waals surface area contributed by atoms with Crippen molar-refractivity contribution in [2.45, 2.75) is 162 Å². The van der Waals surface area contributed by atoms with Crippen LogP contribution in [0.2, 0.25) is 0 Å². The average Bonchev–Trinajstić information content (AvgIpc) is 3.21. The molecule has 0 saturated carbocycles. The topological polar surface area (TPSA) is 8.81 Å². The molecule has 0 aliphatic rings. The summed E-state index contributed by atoms with van der Waals surface area (Å²) in [6.07, 6.45) is 36.7. The van der Waals surface area contributed by atoms with Gasteiger partial charge in [-0.1, -0.05) is 123 Å². The van der Waals surface area contributed by atoms with Gasteiger partial charge in [0.1, 0.15) is 12.4 Å². The molecule has 0 saturated heterocycles. The van der Waals surface area contributed by atoms with Crippen LogP contribution in [0.3, 0.4) is 0 Å². The highest BCUT2D eigenvalue weighted by Crippen LogP contribution is 2.13. The summed E-state index contributed by atoms with van der Waals surface area (Å²) >= 11 is 0. The van der Waals surface area contributed by atoms with E-state index in [-0.39, 0.29) is 17.0 Å². The predicted molar refractivity (Wildman–Crippen MR) is 133 cm³/mol. The van der Waals surface area contributed by atoms with Gasteiger partial charge in [-0.3, -0.25) is 0 Å². The van der Waals surface area contributed by atoms with Gasteiger partial charge < -0.3 is 17.0 Å². The first-order valence-corrected chi connectivity index (χ1v) is 13.9. The molecule has 1 rings (SSSR count). The molecule has 1 aromatic rings. The van der Waals surface area contributed by atoms with Crippen LogP contribution in [-0.4, -0.2) is 4.57 Å². The Bertz CT molecular complexity index is 458. The van der Waals surface area contributed by atoms with Gasteiger partial charge in [0.05, 0.1) is 13.1 Å². The number of rotatable bonds is 23. The number of aromatic nitrogens is 2. The monoisotopic (exact) mass is 498 g/mol. The lowest BCUT2D eigenvalue weighted by Crippen LogP contribution is -3.00. The van der Waals surface area contributed by atoms with Gasteiger partial charge in [0.2, 0.25) is 6.33 Å². The Kier molecular flexibility index (Phi) is 24.1. The van der Waals surface area contributed by atoms with Crippen molar-refractivity contribution < 1.29 is 21.5 Å². The van der Waals surface area contributed by atoms with Crippen LogP contribution in [0.4, 0.5) is 0 Å². The molecule has 31 heavy (non-hydrogen) atoms. The predicted octanol–water partition coefficient (Wildman–Crippen LogP) is 6.01. The van der Waals surface area contributed by atoms with Crippen LogP contribution in [0.5, 0.6) is 0 Å². The van der Waals surface area contributed by atoms with Gasteiger partial charge in [-0.15, -0.1) is 0 Å². The van der Waals surface area contributed by atoms with Crippen LogP contribution >= 0.6 is 0 Å². The van der Waals surface area contributed by atoms with E-state index in [1.165, 1.54) is 148 Å². The number of imidazole rings is 1. The lowest BCUT2D eigenvalue weighted by atomic mass is 10.0. The molecular weight excluding hydrogens is 444 g/mol. The maximum absolute atomic E-state index is 2.39. The van der Waals surface area contributed by atoms with Gasteiger partial charge in [0, 0.05) is 0 Å². The first kappa shape index (κ1) is 30.7. The van der Waals surface area contributed by atoms with Crippen LogP contribution in [0.15, 0.2) is 18.7 Å². The molecule has 0 fully saturated rings. The minimum atomic E-state index is 0. The first-order valence-electron chi connectivity index (χ1n) is 13.9. The third-order valence-electron chi connectivity index (χ3n) is 6.54. The van der Waals surface area contributed by atoms with Crippen LogP contribution in [0.1, 0.15) is 149 Å². The molecule has 1 aromatic heterocycles. The van der Waals surface area contributed by atoms with E-state index in [1.54, 1.807) is 0 Å². The molecule has 3 heteroatoms. The second-order valence-corrected chi connectivity index (χ2v) is 9.61. The number of unbranched alkanes of at least 4 members (excludes halogenated alkanes) is 19. The smallest absolute Gasteiger partial charge is 0.243 e. The molecule has 0 bridgehead atoms. The molecule has 0 radical (unpaired) electrons. The largest absolute Gasteiger partial charge is 1.00 e. The van der Waals surface area contributed by atoms with E-state index in [1.807, 2.05) is 0 Å². The van der Waals surface area contributed by atoms with Crippen LogP contribution in [-0.2, 0) is 13.1 Å². The highest BCUT2D eigenvalue weighted by Gasteiger charge is 2.03. The van der Waals surface area contributed by atoms with Gasteiger partial charge in [0.15, 0.2) is 0 Å². The fraction of sp³-hybridized carbons (Fsp3) is 0.893. The zero-order valence-corrected chi connectivity index (χ0v) is 22.9. The van der Waals surface area contributed by atoms with Gasteiger partial charge >= 0.3 is 0 Å². The van der Waals surface area contributed by atoms with Gasteiger partial charge in [-0.2, -0.15) is 0 Å². The summed E-state index contributed by atoms with van der Waals surface area (Å²) in [5.74, 6) is 0. The standard InChI is InChI=1S/C28H55N2.BrH/c1-3-5-7-9-11-12-13-14-15-16-17-19-21-23-25-30-27-26-29(28-30)24-22-20-18-10-8-6-4-2;/h26-28H,3-25H2,1-2H3;1H/q+1;/p-1. The Balaban J connectivity index is 0.00000900. The Morgan fingerprint density at radius 3 is 1.35 bits per heavy atom. The second-order valence-electron chi connectivity index (χ2n) is 9.61. The van der Waals surface area contributed by atoms with E-state index in [0.717, 1.165) is 0 Å². The lowest BCUT2D eigenvalue weighted by Gasteiger charge is -2.03. The van der Waals surface area contributed by atoms with Crippen LogP contribution in [0.25, 0.3) is 0 Å². The fourth-order valence-corrected chi connectivity index (χ4v) is 4.44. The minimum absolute atomic E-state index is 0. The van der Waals surface area contributed by atoms with Gasteiger partial charge in [-0.05, 0) is 25.7 Å². The summed E-state index contributed by atoms with van der Waals surface area (Å²) in [5.41, 5.74) is 0. The third kappa shape index (κ3) is 20.1. The van der Waals surface area contributed by atoms with Crippen LogP contribution in [0, 0.1) is 0 Å². The number of hydrogen-bond acceptors (Lipinski definition) is 0. The van der Waals surface area contributed by atoms with Gasteiger partial charge in [-0.25, -0.2) is 9.13 Å². The van der Waals surface area contributed by atoms with E-state index in [0.29, 0.717) is 0 Å². The summed E-state index contributed by atoms with van der Waals surface area (Å²) in [4.78, 5) is 0. The number of hydrogen-bond donors (Lipinski definition) is 0. The highest BCUT2D eigenvalue weighted by molar-refractivity contribution is 4.66. The third-order valence-corrected chi connectivity index (χ3v) is 6.54. The Hall–Kier alpha value is -0.310. The molecule has 184 valence electrons. The SMILES string of the molecule is CCCCCCCCCCCCCCCCn1cc[n+](CCCCCCCCC)c1.[Br-]. The molecule has 0 N–H and O–H groups in total. The zero-order valence-electron chi connectivity index (χ0n) is 21.3. The normalized spacial score (nSPS) is 11.0. The number of halogens is 1. The summed E-state index contributed by atoms with van der Waals surface area (Å²) in [6.45, 7) is 6.98. The maximum atomic E-state index is 2.39. The molecule has 2 nitrogen and oxygen atoms in total. The van der Waals surface area contributed by atoms with E-state index >= 15 is 0 Å². The molecule has 0 atom stereocenters.